The number of carbonyl (C=O) groups excluding carboxylic acids is 1. The topological polar surface area (TPSA) is 114 Å². The quantitative estimate of drug-likeness (QED) is 0.574. The van der Waals surface area contributed by atoms with Crippen LogP contribution in [-0.4, -0.2) is 51.8 Å². The van der Waals surface area contributed by atoms with Gasteiger partial charge >= 0.3 is 6.03 Å². The fourth-order valence-corrected chi connectivity index (χ4v) is 3.62. The third-order valence-electron chi connectivity index (χ3n) is 5.44. The average Bonchev–Trinajstić information content (AvgIpc) is 2.72. The number of nitrogens with zero attached hydrogens (tertiary/aromatic N) is 3. The van der Waals surface area contributed by atoms with Crippen LogP contribution in [0.2, 0.25) is 0 Å². The van der Waals surface area contributed by atoms with Crippen LogP contribution in [0.25, 0.3) is 22.2 Å². The van der Waals surface area contributed by atoms with Gasteiger partial charge in [-0.05, 0) is 49.6 Å². The van der Waals surface area contributed by atoms with Crippen LogP contribution >= 0.6 is 0 Å². The van der Waals surface area contributed by atoms with Gasteiger partial charge in [0.1, 0.15) is 16.8 Å². The number of aromatic nitrogens is 2. The van der Waals surface area contributed by atoms with Crippen LogP contribution < -0.4 is 15.8 Å². The molecule has 1 saturated heterocycles. The van der Waals surface area contributed by atoms with E-state index in [0.29, 0.717) is 54.2 Å². The van der Waals surface area contributed by atoms with Gasteiger partial charge < -0.3 is 20.5 Å². The van der Waals surface area contributed by atoms with Gasteiger partial charge in [-0.1, -0.05) is 12.1 Å². The van der Waals surface area contributed by atoms with Crippen molar-refractivity contribution >= 4 is 28.6 Å². The summed E-state index contributed by atoms with van der Waals surface area (Å²) in [5, 5.41) is 12.9. The number of fused-ring (bicyclic) bond motifs is 1. The molecule has 1 fully saturated rings. The summed E-state index contributed by atoms with van der Waals surface area (Å²) in [5.74, 6) is 0.906. The molecule has 30 heavy (non-hydrogen) atoms. The molecule has 0 unspecified atom stereocenters. The van der Waals surface area contributed by atoms with Crippen molar-refractivity contribution in [2.45, 2.75) is 25.4 Å². The van der Waals surface area contributed by atoms with E-state index in [0.717, 1.165) is 11.1 Å². The summed E-state index contributed by atoms with van der Waals surface area (Å²) in [7, 11) is 1.57. The van der Waals surface area contributed by atoms with E-state index in [4.69, 9.17) is 10.5 Å². The van der Waals surface area contributed by atoms with Crippen molar-refractivity contribution in [2.24, 2.45) is 0 Å². The molecule has 1 aliphatic heterocycles. The van der Waals surface area contributed by atoms with E-state index in [9.17, 15) is 9.90 Å². The summed E-state index contributed by atoms with van der Waals surface area (Å²) >= 11 is 0. The minimum atomic E-state index is -0.718. The first-order valence-electron chi connectivity index (χ1n) is 9.84. The zero-order valence-corrected chi connectivity index (χ0v) is 17.1. The Hall–Kier alpha value is -3.39. The highest BCUT2D eigenvalue weighted by atomic mass is 16.5. The molecule has 3 aromatic rings. The Kier molecular flexibility index (Phi) is 5.17. The van der Waals surface area contributed by atoms with Crippen LogP contribution in [0.15, 0.2) is 42.6 Å². The molecule has 0 saturated carbocycles. The molecule has 0 radical (unpaired) electrons. The average molecular weight is 407 g/mol. The van der Waals surface area contributed by atoms with Crippen LogP contribution in [0.1, 0.15) is 19.8 Å². The molecule has 1 aliphatic rings. The molecule has 2 heterocycles. The van der Waals surface area contributed by atoms with Gasteiger partial charge in [-0.2, -0.15) is 0 Å². The van der Waals surface area contributed by atoms with E-state index in [1.807, 2.05) is 36.4 Å². The van der Waals surface area contributed by atoms with Crippen molar-refractivity contribution in [2.75, 3.05) is 31.2 Å². The minimum absolute atomic E-state index is 0.259. The number of amides is 2. The standard InChI is InChI=1S/C22H25N5O3/c1-22(29)8-10-27(11-9-22)21(28)26-18-13-24-19-16(14-4-3-5-15(23)12-14)6-7-17(30-2)20(19)25-18/h3-7,12-13,29H,8-11,23H2,1-2H3,(H,25,26,28). The number of urea groups is 1. The number of hydrogen-bond acceptors (Lipinski definition) is 6. The molecule has 2 amide bonds. The van der Waals surface area contributed by atoms with Crippen molar-refractivity contribution in [3.05, 3.63) is 42.6 Å². The van der Waals surface area contributed by atoms with Gasteiger partial charge in [-0.25, -0.2) is 14.8 Å². The number of ether oxygens (including phenoxy) is 1. The van der Waals surface area contributed by atoms with Crippen molar-refractivity contribution in [1.82, 2.24) is 14.9 Å². The lowest BCUT2D eigenvalue weighted by Gasteiger charge is -2.35. The van der Waals surface area contributed by atoms with E-state index in [-0.39, 0.29) is 6.03 Å². The zero-order valence-electron chi connectivity index (χ0n) is 17.1. The molecule has 8 heteroatoms. The molecule has 156 valence electrons. The van der Waals surface area contributed by atoms with Gasteiger partial charge in [-0.3, -0.25) is 5.32 Å². The summed E-state index contributed by atoms with van der Waals surface area (Å²) in [6.07, 6.45) is 2.62. The first kappa shape index (κ1) is 19.9. The number of nitrogens with one attached hydrogen (secondary N) is 1. The lowest BCUT2D eigenvalue weighted by atomic mass is 9.94. The second kappa shape index (κ2) is 7.79. The van der Waals surface area contributed by atoms with Gasteiger partial charge in [0.15, 0.2) is 5.82 Å². The zero-order chi connectivity index (χ0) is 21.3. The monoisotopic (exact) mass is 407 g/mol. The Morgan fingerprint density at radius 3 is 2.70 bits per heavy atom. The summed E-state index contributed by atoms with van der Waals surface area (Å²) in [6.45, 7) is 2.77. The summed E-state index contributed by atoms with van der Waals surface area (Å²) in [6, 6.07) is 11.0. The van der Waals surface area contributed by atoms with Gasteiger partial charge in [0.2, 0.25) is 0 Å². The number of rotatable bonds is 3. The predicted molar refractivity (Wildman–Crippen MR) is 116 cm³/mol. The lowest BCUT2D eigenvalue weighted by molar-refractivity contribution is 0.00569. The number of carbonyl (C=O) groups is 1. The molecule has 0 bridgehead atoms. The molecule has 2 aromatic carbocycles. The number of aliphatic hydroxyl groups is 1. The lowest BCUT2D eigenvalue weighted by Crippen LogP contribution is -2.46. The maximum atomic E-state index is 12.6. The van der Waals surface area contributed by atoms with Gasteiger partial charge in [-0.15, -0.1) is 0 Å². The SMILES string of the molecule is COc1ccc(-c2cccc(N)c2)c2ncc(NC(=O)N3CCC(C)(O)CC3)nc12. The second-order valence-corrected chi connectivity index (χ2v) is 7.81. The Labute approximate surface area is 174 Å². The number of nitrogen functional groups attached to an aromatic ring is 1. The molecule has 0 aliphatic carbocycles. The van der Waals surface area contributed by atoms with Crippen molar-refractivity contribution < 1.29 is 14.6 Å². The third-order valence-corrected chi connectivity index (χ3v) is 5.44. The highest BCUT2D eigenvalue weighted by Gasteiger charge is 2.29. The number of hydrogen-bond donors (Lipinski definition) is 3. The van der Waals surface area contributed by atoms with Crippen molar-refractivity contribution in [1.29, 1.82) is 0 Å². The molecule has 1 aromatic heterocycles. The molecular formula is C22H25N5O3. The van der Waals surface area contributed by atoms with E-state index in [2.05, 4.69) is 15.3 Å². The van der Waals surface area contributed by atoms with Crippen LogP contribution in [0, 0.1) is 0 Å². The number of likely N-dealkylation sites (tertiary alicyclic amines) is 1. The minimum Gasteiger partial charge on any atom is -0.494 e. The molecular weight excluding hydrogens is 382 g/mol. The Morgan fingerprint density at radius 2 is 2.00 bits per heavy atom. The third kappa shape index (κ3) is 3.99. The number of nitrogens with two attached hydrogens (primary N) is 1. The smallest absolute Gasteiger partial charge is 0.323 e. The molecule has 4 N–H and O–H groups in total. The van der Waals surface area contributed by atoms with Crippen LogP contribution in [-0.2, 0) is 0 Å². The summed E-state index contributed by atoms with van der Waals surface area (Å²) < 4.78 is 5.46. The van der Waals surface area contributed by atoms with Crippen molar-refractivity contribution in [3.63, 3.8) is 0 Å². The Bertz CT molecular complexity index is 1090. The van der Waals surface area contributed by atoms with Gasteiger partial charge in [0.05, 0.1) is 18.9 Å². The first-order chi connectivity index (χ1) is 14.4. The predicted octanol–water partition coefficient (Wildman–Crippen LogP) is 3.27. The van der Waals surface area contributed by atoms with E-state index >= 15 is 0 Å². The Balaban J connectivity index is 1.64. The molecule has 4 rings (SSSR count). The van der Waals surface area contributed by atoms with Crippen LogP contribution in [0.5, 0.6) is 5.75 Å². The number of benzene rings is 2. The van der Waals surface area contributed by atoms with Gasteiger partial charge in [0, 0.05) is 24.3 Å². The van der Waals surface area contributed by atoms with Gasteiger partial charge in [0.25, 0.3) is 0 Å². The van der Waals surface area contributed by atoms with Crippen molar-refractivity contribution in [3.8, 4) is 16.9 Å². The Morgan fingerprint density at radius 1 is 1.23 bits per heavy atom. The number of methoxy groups -OCH3 is 1. The fraction of sp³-hybridized carbons (Fsp3) is 0.318. The highest BCUT2D eigenvalue weighted by molar-refractivity contribution is 5.97. The number of anilines is 2. The summed E-state index contributed by atoms with van der Waals surface area (Å²) in [5.41, 5.74) is 8.89. The van der Waals surface area contributed by atoms with E-state index in [1.54, 1.807) is 18.9 Å². The van der Waals surface area contributed by atoms with E-state index in [1.165, 1.54) is 6.20 Å². The van der Waals surface area contributed by atoms with Crippen LogP contribution in [0.4, 0.5) is 16.3 Å². The molecule has 8 nitrogen and oxygen atoms in total. The largest absolute Gasteiger partial charge is 0.494 e. The normalized spacial score (nSPS) is 15.8. The number of piperidine rings is 1. The maximum absolute atomic E-state index is 12.6. The maximum Gasteiger partial charge on any atom is 0.323 e. The van der Waals surface area contributed by atoms with Crippen LogP contribution in [0.3, 0.4) is 0 Å². The second-order valence-electron chi connectivity index (χ2n) is 7.81. The molecule has 0 spiro atoms. The summed E-state index contributed by atoms with van der Waals surface area (Å²) in [4.78, 5) is 23.4. The highest BCUT2D eigenvalue weighted by Crippen LogP contribution is 2.33. The molecule has 0 atom stereocenters. The fourth-order valence-electron chi connectivity index (χ4n) is 3.62. The van der Waals surface area contributed by atoms with E-state index < -0.39 is 5.60 Å². The first-order valence-corrected chi connectivity index (χ1v) is 9.84.